The van der Waals surface area contributed by atoms with Gasteiger partial charge in [0.05, 0.1) is 28.7 Å². The van der Waals surface area contributed by atoms with Crippen molar-refractivity contribution in [2.45, 2.75) is 31.8 Å². The average molecular weight is 345 g/mol. The van der Waals surface area contributed by atoms with Crippen LogP contribution in [0.4, 0.5) is 5.95 Å². The average Bonchev–Trinajstić information content (AvgIpc) is 3.07. The van der Waals surface area contributed by atoms with E-state index in [0.717, 1.165) is 48.5 Å². The first-order valence-corrected chi connectivity index (χ1v) is 9.15. The summed E-state index contributed by atoms with van der Waals surface area (Å²) in [6.07, 6.45) is 2.16. The maximum atomic E-state index is 9.05. The van der Waals surface area contributed by atoms with Gasteiger partial charge in [-0.1, -0.05) is 24.3 Å². The Kier molecular flexibility index (Phi) is 4.36. The number of anilines is 1. The third-order valence-corrected chi connectivity index (χ3v) is 5.23. The minimum absolute atomic E-state index is 0.114. The molecule has 2 N–H and O–H groups in total. The van der Waals surface area contributed by atoms with Crippen LogP contribution in [0.5, 0.6) is 0 Å². The Labute approximate surface area is 153 Å². The molecule has 3 aromatic rings. The number of hydrogen-bond acceptors (Lipinski definition) is 4. The smallest absolute Gasteiger partial charge is 0.207 e. The molecule has 1 saturated heterocycles. The van der Waals surface area contributed by atoms with Crippen molar-refractivity contribution in [3.05, 3.63) is 59.7 Å². The van der Waals surface area contributed by atoms with Gasteiger partial charge in [0, 0.05) is 19.1 Å². The number of nitrogens with zero attached hydrogens (tertiary/aromatic N) is 4. The van der Waals surface area contributed by atoms with E-state index in [0.29, 0.717) is 5.56 Å². The summed E-state index contributed by atoms with van der Waals surface area (Å²) in [5.41, 5.74) is 10.2. The fraction of sp³-hybridized carbons (Fsp3) is 0.333. The molecule has 0 bridgehead atoms. The van der Waals surface area contributed by atoms with Gasteiger partial charge in [0.15, 0.2) is 0 Å². The third kappa shape index (κ3) is 2.93. The van der Waals surface area contributed by atoms with E-state index in [2.05, 4.69) is 40.7 Å². The minimum atomic E-state index is 0.114. The second kappa shape index (κ2) is 6.81. The van der Waals surface area contributed by atoms with Crippen LogP contribution < -0.4 is 10.6 Å². The third-order valence-electron chi connectivity index (χ3n) is 5.23. The molecule has 0 unspecified atom stereocenters. The van der Waals surface area contributed by atoms with Crippen LogP contribution >= 0.6 is 0 Å². The van der Waals surface area contributed by atoms with Gasteiger partial charge in [0.2, 0.25) is 5.95 Å². The monoisotopic (exact) mass is 345 g/mol. The van der Waals surface area contributed by atoms with E-state index in [4.69, 9.17) is 16.0 Å². The van der Waals surface area contributed by atoms with Crippen molar-refractivity contribution in [1.29, 1.82) is 5.26 Å². The fourth-order valence-electron chi connectivity index (χ4n) is 3.81. The molecule has 0 amide bonds. The van der Waals surface area contributed by atoms with Crippen LogP contribution in [0.3, 0.4) is 0 Å². The van der Waals surface area contributed by atoms with Crippen LogP contribution in [-0.4, -0.2) is 28.7 Å². The predicted molar refractivity (Wildman–Crippen MR) is 104 cm³/mol. The number of benzene rings is 2. The molecule has 2 aromatic carbocycles. The lowest BCUT2D eigenvalue weighted by Gasteiger charge is -2.33. The highest BCUT2D eigenvalue weighted by Crippen LogP contribution is 2.31. The molecule has 2 heterocycles. The summed E-state index contributed by atoms with van der Waals surface area (Å²) in [6.45, 7) is 4.00. The molecule has 0 spiro atoms. The van der Waals surface area contributed by atoms with Crippen molar-refractivity contribution in [1.82, 2.24) is 9.55 Å². The second-order valence-electron chi connectivity index (χ2n) is 7.03. The lowest BCUT2D eigenvalue weighted by molar-refractivity contribution is 0.490. The topological polar surface area (TPSA) is 70.9 Å². The highest BCUT2D eigenvalue weighted by Gasteiger charge is 2.25. The van der Waals surface area contributed by atoms with E-state index in [1.807, 2.05) is 30.3 Å². The van der Waals surface area contributed by atoms with Gasteiger partial charge >= 0.3 is 0 Å². The van der Waals surface area contributed by atoms with E-state index >= 15 is 0 Å². The summed E-state index contributed by atoms with van der Waals surface area (Å²) in [4.78, 5) is 7.25. The van der Waals surface area contributed by atoms with Crippen molar-refractivity contribution in [3.8, 4) is 6.07 Å². The fourth-order valence-corrected chi connectivity index (χ4v) is 3.81. The van der Waals surface area contributed by atoms with E-state index in [9.17, 15) is 0 Å². The molecule has 5 heteroatoms. The van der Waals surface area contributed by atoms with Gasteiger partial charge in [-0.15, -0.1) is 0 Å². The van der Waals surface area contributed by atoms with E-state index in [1.165, 1.54) is 0 Å². The van der Waals surface area contributed by atoms with Crippen LogP contribution in [-0.2, 0) is 0 Å². The molecule has 0 saturated carbocycles. The Bertz CT molecular complexity index is 951. The number of para-hydroxylation sites is 2. The number of piperidine rings is 1. The first-order chi connectivity index (χ1) is 12.7. The number of imidazole rings is 1. The van der Waals surface area contributed by atoms with Crippen LogP contribution in [0.2, 0.25) is 0 Å². The normalized spacial score (nSPS) is 18.7. The number of nitriles is 1. The molecular weight excluding hydrogens is 322 g/mol. The Morgan fingerprint density at radius 3 is 2.69 bits per heavy atom. The first kappa shape index (κ1) is 16.6. The summed E-state index contributed by atoms with van der Waals surface area (Å²) in [5, 5.41) is 9.05. The van der Waals surface area contributed by atoms with Gasteiger partial charge in [-0.25, -0.2) is 4.98 Å². The number of hydrogen-bond donors (Lipinski definition) is 1. The van der Waals surface area contributed by atoms with Crippen LogP contribution in [0, 0.1) is 11.3 Å². The summed E-state index contributed by atoms with van der Waals surface area (Å²) >= 11 is 0. The Morgan fingerprint density at radius 2 is 1.96 bits per heavy atom. The number of rotatable bonds is 3. The number of fused-ring (bicyclic) bond motifs is 1. The van der Waals surface area contributed by atoms with Crippen molar-refractivity contribution in [3.63, 3.8) is 0 Å². The van der Waals surface area contributed by atoms with E-state index in [1.54, 1.807) is 0 Å². The van der Waals surface area contributed by atoms with Gasteiger partial charge in [0.1, 0.15) is 0 Å². The zero-order chi connectivity index (χ0) is 18.1. The molecule has 2 atom stereocenters. The molecule has 1 fully saturated rings. The quantitative estimate of drug-likeness (QED) is 0.789. The Balaban J connectivity index is 1.81. The van der Waals surface area contributed by atoms with Gasteiger partial charge in [-0.05, 0) is 49.6 Å². The maximum Gasteiger partial charge on any atom is 0.207 e. The lowest BCUT2D eigenvalue weighted by Crippen LogP contribution is -2.44. The summed E-state index contributed by atoms with van der Waals surface area (Å²) < 4.78 is 2.30. The highest BCUT2D eigenvalue weighted by molar-refractivity contribution is 5.79. The highest BCUT2D eigenvalue weighted by atomic mass is 15.3. The molecule has 1 aliphatic heterocycles. The molecule has 26 heavy (non-hydrogen) atoms. The number of aromatic nitrogens is 2. The minimum Gasteiger partial charge on any atom is -0.341 e. The second-order valence-corrected chi connectivity index (χ2v) is 7.03. The van der Waals surface area contributed by atoms with Crippen molar-refractivity contribution >= 4 is 17.0 Å². The summed E-state index contributed by atoms with van der Waals surface area (Å²) in [7, 11) is 0. The molecule has 5 nitrogen and oxygen atoms in total. The molecule has 1 aliphatic rings. The Hall–Kier alpha value is -2.84. The first-order valence-electron chi connectivity index (χ1n) is 9.15. The summed E-state index contributed by atoms with van der Waals surface area (Å²) in [5.74, 6) is 0.984. The zero-order valence-electron chi connectivity index (χ0n) is 15.0. The van der Waals surface area contributed by atoms with Crippen molar-refractivity contribution < 1.29 is 0 Å². The predicted octanol–water partition coefficient (Wildman–Crippen LogP) is 3.44. The molecule has 0 radical (unpaired) electrons. The van der Waals surface area contributed by atoms with E-state index in [-0.39, 0.29) is 12.1 Å². The van der Waals surface area contributed by atoms with Gasteiger partial charge < -0.3 is 15.2 Å². The summed E-state index contributed by atoms with van der Waals surface area (Å²) in [6, 6.07) is 18.6. The van der Waals surface area contributed by atoms with Crippen molar-refractivity contribution in [2.75, 3.05) is 18.0 Å². The maximum absolute atomic E-state index is 9.05. The van der Waals surface area contributed by atoms with Crippen LogP contribution in [0.1, 0.15) is 36.9 Å². The SMILES string of the molecule is C[C@@H](c1ccc(C#N)cc1)n1c(N2CCC[C@H](N)C2)nc2ccccc21. The molecule has 132 valence electrons. The van der Waals surface area contributed by atoms with Crippen LogP contribution in [0.25, 0.3) is 11.0 Å². The van der Waals surface area contributed by atoms with Crippen LogP contribution in [0.15, 0.2) is 48.5 Å². The largest absolute Gasteiger partial charge is 0.341 e. The zero-order valence-corrected chi connectivity index (χ0v) is 15.0. The molecule has 1 aromatic heterocycles. The van der Waals surface area contributed by atoms with E-state index < -0.39 is 0 Å². The Morgan fingerprint density at radius 1 is 1.19 bits per heavy atom. The number of nitrogens with two attached hydrogens (primary N) is 1. The molecule has 0 aliphatic carbocycles. The van der Waals surface area contributed by atoms with Gasteiger partial charge in [0.25, 0.3) is 0 Å². The van der Waals surface area contributed by atoms with Gasteiger partial charge in [-0.2, -0.15) is 5.26 Å². The van der Waals surface area contributed by atoms with Crippen molar-refractivity contribution in [2.24, 2.45) is 5.73 Å². The molecular formula is C21H23N5. The standard InChI is InChI=1S/C21H23N5/c1-15(17-10-8-16(13-22)9-11-17)26-20-7-3-2-6-19(20)24-21(26)25-12-4-5-18(23)14-25/h2-3,6-11,15,18H,4-5,12,14,23H2,1H3/t15-,18-/m0/s1. The molecule has 4 rings (SSSR count). The lowest BCUT2D eigenvalue weighted by atomic mass is 10.1. The van der Waals surface area contributed by atoms with Gasteiger partial charge in [-0.3, -0.25) is 0 Å².